The van der Waals surface area contributed by atoms with Crippen molar-refractivity contribution in [1.29, 1.82) is 0 Å². The molecular weight excluding hydrogens is 421 g/mol. The number of terminal acetylenes is 1. The van der Waals surface area contributed by atoms with E-state index in [1.54, 1.807) is 6.08 Å². The first-order valence-corrected chi connectivity index (χ1v) is 12.6. The Labute approximate surface area is 208 Å². The van der Waals surface area contributed by atoms with Gasteiger partial charge in [0.05, 0.1) is 11.4 Å². The first-order chi connectivity index (χ1) is 16.5. The van der Waals surface area contributed by atoms with Gasteiger partial charge in [-0.05, 0) is 64.8 Å². The smallest absolute Gasteiger partial charge is 0.108 e. The van der Waals surface area contributed by atoms with E-state index in [2.05, 4.69) is 86.7 Å². The van der Waals surface area contributed by atoms with Crippen molar-refractivity contribution in [2.75, 3.05) is 26.8 Å². The van der Waals surface area contributed by atoms with Gasteiger partial charge in [-0.15, -0.1) is 12.8 Å². The van der Waals surface area contributed by atoms with Crippen LogP contribution in [0.1, 0.15) is 76.5 Å². The minimum Gasteiger partial charge on any atom is -0.306 e. The minimum atomic E-state index is -0.449. The highest BCUT2D eigenvalue weighted by atomic mass is 19.1. The zero-order chi connectivity index (χ0) is 25.9. The summed E-state index contributed by atoms with van der Waals surface area (Å²) in [5, 5.41) is 4.98. The molecule has 0 bridgehead atoms. The van der Waals surface area contributed by atoms with E-state index in [-0.39, 0.29) is 6.04 Å². The van der Waals surface area contributed by atoms with E-state index in [4.69, 9.17) is 5.10 Å². The molecule has 0 amide bonds. The molecule has 0 radical (unpaired) electrons. The van der Waals surface area contributed by atoms with Crippen molar-refractivity contribution in [2.24, 2.45) is 0 Å². The fourth-order valence-electron chi connectivity index (χ4n) is 3.86. The number of rotatable bonds is 12. The summed E-state index contributed by atoms with van der Waals surface area (Å²) in [5.74, 6) is 0. The average Bonchev–Trinajstić information content (AvgIpc) is 3.25. The molecule has 188 valence electrons. The molecule has 0 aliphatic rings. The Kier molecular flexibility index (Phi) is 17.3. The summed E-state index contributed by atoms with van der Waals surface area (Å²) in [6.07, 6.45) is 17.6. The summed E-state index contributed by atoms with van der Waals surface area (Å²) in [6, 6.07) is 10.9. The van der Waals surface area contributed by atoms with Gasteiger partial charge in [-0.25, -0.2) is 4.39 Å². The van der Waals surface area contributed by atoms with Crippen LogP contribution in [-0.4, -0.2) is 41.5 Å². The third-order valence-corrected chi connectivity index (χ3v) is 5.48. The van der Waals surface area contributed by atoms with Crippen molar-refractivity contribution in [3.8, 4) is 12.8 Å². The Morgan fingerprint density at radius 1 is 1.12 bits per heavy atom. The van der Waals surface area contributed by atoms with Crippen molar-refractivity contribution in [3.05, 3.63) is 71.1 Å². The molecule has 0 spiro atoms. The van der Waals surface area contributed by atoms with Crippen LogP contribution in [0.25, 0.3) is 5.57 Å². The summed E-state index contributed by atoms with van der Waals surface area (Å²) in [6.45, 7) is 14.1. The van der Waals surface area contributed by atoms with Gasteiger partial charge in [-0.2, -0.15) is 5.10 Å². The summed E-state index contributed by atoms with van der Waals surface area (Å²) >= 11 is 0. The normalized spacial score (nSPS) is 11.4. The number of halogens is 1. The van der Waals surface area contributed by atoms with E-state index in [9.17, 15) is 4.39 Å². The van der Waals surface area contributed by atoms with Crippen LogP contribution in [0.15, 0.2) is 48.6 Å². The number of allylic oxidation sites excluding steroid dienone is 4. The molecule has 1 aromatic heterocycles. The lowest BCUT2D eigenvalue weighted by Crippen LogP contribution is -2.23. The molecule has 1 heterocycles. The number of likely N-dealkylation sites (N-methyl/N-ethyl adjacent to an activating group) is 1. The summed E-state index contributed by atoms with van der Waals surface area (Å²) < 4.78 is 14.8. The molecule has 0 aliphatic heterocycles. The van der Waals surface area contributed by atoms with E-state index in [1.807, 2.05) is 26.8 Å². The molecule has 1 aromatic carbocycles. The number of alkyl halides is 1. The second-order valence-electron chi connectivity index (χ2n) is 8.11. The van der Waals surface area contributed by atoms with Gasteiger partial charge in [0, 0.05) is 24.6 Å². The second-order valence-corrected chi connectivity index (χ2v) is 8.11. The lowest BCUT2D eigenvalue weighted by molar-refractivity contribution is 0.331. The molecule has 3 nitrogen and oxygen atoms in total. The fraction of sp³-hybridized carbons (Fsp3) is 0.500. The largest absolute Gasteiger partial charge is 0.306 e. The molecule has 2 rings (SSSR count). The number of aryl methyl sites for hydroxylation is 1. The van der Waals surface area contributed by atoms with Crippen molar-refractivity contribution >= 4 is 5.57 Å². The summed E-state index contributed by atoms with van der Waals surface area (Å²) in [5.41, 5.74) is 6.05. The van der Waals surface area contributed by atoms with E-state index < -0.39 is 6.67 Å². The van der Waals surface area contributed by atoms with Crippen molar-refractivity contribution in [3.63, 3.8) is 0 Å². The van der Waals surface area contributed by atoms with Gasteiger partial charge in [0.1, 0.15) is 6.67 Å². The zero-order valence-corrected chi connectivity index (χ0v) is 22.5. The lowest BCUT2D eigenvalue weighted by atomic mass is 10.0. The number of aromatic nitrogens is 2. The Balaban J connectivity index is 0.00000258. The van der Waals surface area contributed by atoms with Gasteiger partial charge in [0.15, 0.2) is 0 Å². The van der Waals surface area contributed by atoms with Crippen LogP contribution in [-0.2, 0) is 19.3 Å². The van der Waals surface area contributed by atoms with Crippen molar-refractivity contribution in [1.82, 2.24) is 14.7 Å². The lowest BCUT2D eigenvalue weighted by Gasteiger charge is -2.16. The first-order valence-electron chi connectivity index (χ1n) is 12.6. The fourth-order valence-corrected chi connectivity index (χ4v) is 3.86. The van der Waals surface area contributed by atoms with Crippen molar-refractivity contribution in [2.45, 2.75) is 73.3 Å². The predicted molar refractivity (Wildman–Crippen MR) is 148 cm³/mol. The maximum atomic E-state index is 12.7. The summed E-state index contributed by atoms with van der Waals surface area (Å²) in [4.78, 5) is 2.40. The second kappa shape index (κ2) is 18.7. The van der Waals surface area contributed by atoms with E-state index in [1.165, 1.54) is 16.8 Å². The van der Waals surface area contributed by atoms with E-state index in [0.717, 1.165) is 50.0 Å². The molecule has 0 saturated heterocycles. The van der Waals surface area contributed by atoms with Crippen LogP contribution >= 0.6 is 0 Å². The molecule has 0 atom stereocenters. The predicted octanol–water partition coefficient (Wildman–Crippen LogP) is 7.34. The highest BCUT2D eigenvalue weighted by Crippen LogP contribution is 2.27. The maximum Gasteiger partial charge on any atom is 0.108 e. The number of nitrogens with zero attached hydrogens (tertiary/aromatic N) is 3. The molecule has 0 fully saturated rings. The Morgan fingerprint density at radius 3 is 2.29 bits per heavy atom. The van der Waals surface area contributed by atoms with Crippen LogP contribution in [0.2, 0.25) is 0 Å². The first kappa shape index (κ1) is 31.4. The van der Waals surface area contributed by atoms with Gasteiger partial charge < -0.3 is 4.90 Å². The molecule has 34 heavy (non-hydrogen) atoms. The monoisotopic (exact) mass is 467 g/mol. The SMILES string of the molecule is C#C.C/C=C(\C=C/CF)c1c(CC)c(CCN(C)CCCc2ccccc2)nn1C(C)C.CC. The average molecular weight is 468 g/mol. The zero-order valence-electron chi connectivity index (χ0n) is 22.5. The quantitative estimate of drug-likeness (QED) is 0.240. The Bertz CT molecular complexity index is 860. The van der Waals surface area contributed by atoms with E-state index >= 15 is 0 Å². The summed E-state index contributed by atoms with van der Waals surface area (Å²) in [7, 11) is 2.19. The molecule has 0 aliphatic carbocycles. The Morgan fingerprint density at radius 2 is 1.76 bits per heavy atom. The third kappa shape index (κ3) is 10.1. The van der Waals surface area contributed by atoms with Gasteiger partial charge >= 0.3 is 0 Å². The van der Waals surface area contributed by atoms with Crippen LogP contribution in [0.5, 0.6) is 0 Å². The molecule has 0 unspecified atom stereocenters. The van der Waals surface area contributed by atoms with E-state index in [0.29, 0.717) is 0 Å². The van der Waals surface area contributed by atoms with Gasteiger partial charge in [-0.3, -0.25) is 4.68 Å². The topological polar surface area (TPSA) is 21.1 Å². The van der Waals surface area contributed by atoms with Crippen LogP contribution < -0.4 is 0 Å². The van der Waals surface area contributed by atoms with Gasteiger partial charge in [0.25, 0.3) is 0 Å². The van der Waals surface area contributed by atoms with Crippen molar-refractivity contribution < 1.29 is 4.39 Å². The molecule has 0 N–H and O–H groups in total. The number of hydrogen-bond donors (Lipinski definition) is 0. The maximum absolute atomic E-state index is 12.7. The van der Waals surface area contributed by atoms with Gasteiger partial charge in [0.2, 0.25) is 0 Å². The molecule has 4 heteroatoms. The highest BCUT2D eigenvalue weighted by Gasteiger charge is 2.20. The molecule has 0 saturated carbocycles. The Hall–Kier alpha value is -2.64. The molecular formula is C30H46FN3. The highest BCUT2D eigenvalue weighted by molar-refractivity contribution is 5.74. The number of benzene rings is 1. The molecule has 2 aromatic rings. The standard InChI is InChI=1S/C26H38FN3.C2H6.C2H2/c1-6-23(16-11-18-27)26-24(7-2)25(28-30(26)21(3)4)17-20-29(5)19-12-15-22-13-9-8-10-14-22;2*1-2/h6,8-11,13-14,16,21H,7,12,15,17-20H2,1-5H3;1-2H3;1-2H/b16-11-,23-6+;;. The van der Waals surface area contributed by atoms with Crippen LogP contribution in [0, 0.1) is 12.8 Å². The van der Waals surface area contributed by atoms with Crippen LogP contribution in [0.4, 0.5) is 4.39 Å². The third-order valence-electron chi connectivity index (χ3n) is 5.48. The number of hydrogen-bond acceptors (Lipinski definition) is 2. The van der Waals surface area contributed by atoms with Crippen LogP contribution in [0.3, 0.4) is 0 Å². The van der Waals surface area contributed by atoms with Gasteiger partial charge in [-0.1, -0.05) is 69.3 Å². The minimum absolute atomic E-state index is 0.261.